The number of ether oxygens (including phenoxy) is 2. The number of carbonyl (C=O) groups is 1. The normalized spacial score (nSPS) is 10.5. The van der Waals surface area contributed by atoms with Gasteiger partial charge in [0, 0.05) is 24.0 Å². The highest BCUT2D eigenvalue weighted by Crippen LogP contribution is 2.22. The molecular formula is C21H18ClFN2O3. The number of hydrogen-bond acceptors (Lipinski definition) is 5. The van der Waals surface area contributed by atoms with Crippen molar-refractivity contribution in [3.63, 3.8) is 0 Å². The fraction of sp³-hybridized carbons (Fsp3) is 0.190. The Balaban J connectivity index is 1.65. The van der Waals surface area contributed by atoms with Gasteiger partial charge in [0.25, 0.3) is 0 Å². The van der Waals surface area contributed by atoms with Crippen LogP contribution in [0.4, 0.5) is 4.39 Å². The van der Waals surface area contributed by atoms with E-state index in [9.17, 15) is 9.18 Å². The largest absolute Gasteiger partial charge is 0.494 e. The van der Waals surface area contributed by atoms with Gasteiger partial charge in [-0.3, -0.25) is 0 Å². The van der Waals surface area contributed by atoms with Gasteiger partial charge in [0.05, 0.1) is 17.2 Å². The van der Waals surface area contributed by atoms with Crippen LogP contribution in [0.5, 0.6) is 11.5 Å². The van der Waals surface area contributed by atoms with Crippen molar-refractivity contribution in [1.29, 1.82) is 0 Å². The minimum Gasteiger partial charge on any atom is -0.494 e. The Morgan fingerprint density at radius 1 is 1.07 bits per heavy atom. The van der Waals surface area contributed by atoms with Gasteiger partial charge in [-0.25, -0.2) is 19.2 Å². The van der Waals surface area contributed by atoms with E-state index in [-0.39, 0.29) is 16.3 Å². The van der Waals surface area contributed by atoms with Crippen LogP contribution in [-0.4, -0.2) is 22.5 Å². The van der Waals surface area contributed by atoms with E-state index in [4.69, 9.17) is 21.1 Å². The molecule has 0 aliphatic heterocycles. The van der Waals surface area contributed by atoms with Crippen molar-refractivity contribution in [2.75, 3.05) is 6.61 Å². The Morgan fingerprint density at radius 3 is 2.39 bits per heavy atom. The van der Waals surface area contributed by atoms with Crippen LogP contribution in [-0.2, 0) is 0 Å². The average molecular weight is 401 g/mol. The van der Waals surface area contributed by atoms with Crippen LogP contribution in [0.1, 0.15) is 30.1 Å². The fourth-order valence-electron chi connectivity index (χ4n) is 2.32. The Bertz CT molecular complexity index is 947. The maximum absolute atomic E-state index is 13.2. The minimum atomic E-state index is -0.658. The third-order valence-corrected chi connectivity index (χ3v) is 4.16. The molecular weight excluding hydrogens is 383 g/mol. The molecule has 3 aromatic rings. The Kier molecular flexibility index (Phi) is 6.55. The molecule has 1 heterocycles. The van der Waals surface area contributed by atoms with Crippen molar-refractivity contribution in [3.05, 3.63) is 71.3 Å². The zero-order valence-electron chi connectivity index (χ0n) is 15.2. The standard InChI is InChI=1S/C21H18ClFN2O3/c1-2-3-10-27-16-6-4-14(5-7-16)20-24-12-15(13-25-20)21(26)28-17-8-9-19(23)18(22)11-17/h4-9,11-13H,2-3,10H2,1H3. The van der Waals surface area contributed by atoms with Gasteiger partial charge in [-0.05, 0) is 42.8 Å². The van der Waals surface area contributed by atoms with Crippen LogP contribution < -0.4 is 9.47 Å². The van der Waals surface area contributed by atoms with Crippen molar-refractivity contribution in [2.45, 2.75) is 19.8 Å². The molecule has 1 aromatic heterocycles. The van der Waals surface area contributed by atoms with Gasteiger partial charge in [0.2, 0.25) is 0 Å². The lowest BCUT2D eigenvalue weighted by Crippen LogP contribution is -2.09. The first kappa shape index (κ1) is 19.8. The molecule has 0 aliphatic carbocycles. The van der Waals surface area contributed by atoms with Gasteiger partial charge in [-0.1, -0.05) is 24.9 Å². The molecule has 5 nitrogen and oxygen atoms in total. The second kappa shape index (κ2) is 9.28. The Morgan fingerprint density at radius 2 is 1.75 bits per heavy atom. The third kappa shape index (κ3) is 5.04. The molecule has 0 bridgehead atoms. The van der Waals surface area contributed by atoms with Crippen molar-refractivity contribution in [1.82, 2.24) is 9.97 Å². The third-order valence-electron chi connectivity index (χ3n) is 3.87. The highest BCUT2D eigenvalue weighted by atomic mass is 35.5. The number of carbonyl (C=O) groups excluding carboxylic acids is 1. The predicted octanol–water partition coefficient (Wildman–Crippen LogP) is 5.33. The number of nitrogens with zero attached hydrogens (tertiary/aromatic N) is 2. The zero-order valence-corrected chi connectivity index (χ0v) is 15.9. The highest BCUT2D eigenvalue weighted by Gasteiger charge is 2.12. The molecule has 3 rings (SSSR count). The van der Waals surface area contributed by atoms with Crippen LogP contribution in [0.3, 0.4) is 0 Å². The molecule has 0 N–H and O–H groups in total. The van der Waals surface area contributed by atoms with Crippen molar-refractivity contribution >= 4 is 17.6 Å². The lowest BCUT2D eigenvalue weighted by atomic mass is 10.2. The highest BCUT2D eigenvalue weighted by molar-refractivity contribution is 6.30. The number of unbranched alkanes of at least 4 members (excludes halogenated alkanes) is 1. The van der Waals surface area contributed by atoms with Gasteiger partial charge in [0.15, 0.2) is 5.82 Å². The van der Waals surface area contributed by atoms with E-state index < -0.39 is 11.8 Å². The van der Waals surface area contributed by atoms with Crippen LogP contribution >= 0.6 is 11.6 Å². The van der Waals surface area contributed by atoms with Gasteiger partial charge in [-0.15, -0.1) is 0 Å². The van der Waals surface area contributed by atoms with Crippen LogP contribution in [0.2, 0.25) is 5.02 Å². The number of benzene rings is 2. The van der Waals surface area contributed by atoms with E-state index >= 15 is 0 Å². The van der Waals surface area contributed by atoms with Gasteiger partial charge in [-0.2, -0.15) is 0 Å². The SMILES string of the molecule is CCCCOc1ccc(-c2ncc(C(=O)Oc3ccc(F)c(Cl)c3)cn2)cc1. The Labute approximate surface area is 167 Å². The molecule has 0 saturated carbocycles. The van der Waals surface area contributed by atoms with Gasteiger partial charge < -0.3 is 9.47 Å². The van der Waals surface area contributed by atoms with Crippen molar-refractivity contribution in [3.8, 4) is 22.9 Å². The average Bonchev–Trinajstić information content (AvgIpc) is 2.72. The summed E-state index contributed by atoms with van der Waals surface area (Å²) in [4.78, 5) is 20.6. The van der Waals surface area contributed by atoms with Gasteiger partial charge >= 0.3 is 5.97 Å². The first-order chi connectivity index (χ1) is 13.6. The quantitative estimate of drug-likeness (QED) is 0.304. The first-order valence-corrected chi connectivity index (χ1v) is 9.17. The maximum Gasteiger partial charge on any atom is 0.346 e. The topological polar surface area (TPSA) is 61.3 Å². The number of esters is 1. The second-order valence-corrected chi connectivity index (χ2v) is 6.39. The molecule has 0 spiro atoms. The zero-order chi connectivity index (χ0) is 19.9. The molecule has 144 valence electrons. The second-order valence-electron chi connectivity index (χ2n) is 5.99. The molecule has 28 heavy (non-hydrogen) atoms. The first-order valence-electron chi connectivity index (χ1n) is 8.79. The van der Waals surface area contributed by atoms with Gasteiger partial charge in [0.1, 0.15) is 17.3 Å². The van der Waals surface area contributed by atoms with E-state index in [1.54, 1.807) is 0 Å². The van der Waals surface area contributed by atoms with E-state index in [2.05, 4.69) is 16.9 Å². The smallest absolute Gasteiger partial charge is 0.346 e. The monoisotopic (exact) mass is 400 g/mol. The summed E-state index contributed by atoms with van der Waals surface area (Å²) in [5, 5.41) is -0.126. The summed E-state index contributed by atoms with van der Waals surface area (Å²) in [6.45, 7) is 2.79. The summed E-state index contributed by atoms with van der Waals surface area (Å²) in [6, 6.07) is 11.1. The van der Waals surface area contributed by atoms with Crippen LogP contribution in [0.15, 0.2) is 54.9 Å². The molecule has 2 aromatic carbocycles. The Hall–Kier alpha value is -2.99. The molecule has 0 saturated heterocycles. The maximum atomic E-state index is 13.2. The molecule has 0 amide bonds. The molecule has 0 fully saturated rings. The van der Waals surface area contributed by atoms with E-state index in [1.807, 2.05) is 24.3 Å². The van der Waals surface area contributed by atoms with Crippen molar-refractivity contribution in [2.24, 2.45) is 0 Å². The number of halogens is 2. The van der Waals surface area contributed by atoms with E-state index in [1.165, 1.54) is 24.5 Å². The number of rotatable bonds is 7. The summed E-state index contributed by atoms with van der Waals surface area (Å²) >= 11 is 5.68. The molecule has 0 atom stereocenters. The molecule has 7 heteroatoms. The summed E-state index contributed by atoms with van der Waals surface area (Å²) in [6.07, 6.45) is 4.84. The summed E-state index contributed by atoms with van der Waals surface area (Å²) in [5.74, 6) is 0.154. The predicted molar refractivity (Wildman–Crippen MR) is 104 cm³/mol. The van der Waals surface area contributed by atoms with Crippen LogP contribution in [0, 0.1) is 5.82 Å². The summed E-state index contributed by atoms with van der Waals surface area (Å²) in [5.41, 5.74) is 0.969. The number of hydrogen-bond donors (Lipinski definition) is 0. The lowest BCUT2D eigenvalue weighted by molar-refractivity contribution is 0.0733. The molecule has 0 aliphatic rings. The number of aromatic nitrogens is 2. The lowest BCUT2D eigenvalue weighted by Gasteiger charge is -2.07. The van der Waals surface area contributed by atoms with Crippen LogP contribution in [0.25, 0.3) is 11.4 Å². The summed E-state index contributed by atoms with van der Waals surface area (Å²) < 4.78 is 23.9. The van der Waals surface area contributed by atoms with Crippen molar-refractivity contribution < 1.29 is 18.7 Å². The van der Waals surface area contributed by atoms with E-state index in [0.717, 1.165) is 30.2 Å². The molecule has 0 unspecified atom stereocenters. The molecule has 0 radical (unpaired) electrons. The minimum absolute atomic E-state index is 0.126. The fourth-order valence-corrected chi connectivity index (χ4v) is 2.49. The van der Waals surface area contributed by atoms with E-state index in [0.29, 0.717) is 12.4 Å². The summed E-state index contributed by atoms with van der Waals surface area (Å²) in [7, 11) is 0.